The Hall–Kier alpha value is -2.55. The number of carbonyl (C=O) groups is 1. The van der Waals surface area contributed by atoms with Crippen molar-refractivity contribution in [3.05, 3.63) is 38.9 Å². The van der Waals surface area contributed by atoms with Crippen LogP contribution in [0.1, 0.15) is 53.7 Å². The van der Waals surface area contributed by atoms with Gasteiger partial charge >= 0.3 is 0 Å². The Balaban J connectivity index is 1.82. The van der Waals surface area contributed by atoms with Gasteiger partial charge in [0.05, 0.1) is 11.3 Å². The molecule has 0 saturated heterocycles. The summed E-state index contributed by atoms with van der Waals surface area (Å²) >= 11 is 1.38. The van der Waals surface area contributed by atoms with Crippen LogP contribution in [0.15, 0.2) is 17.1 Å². The first-order valence-corrected chi connectivity index (χ1v) is 8.53. The van der Waals surface area contributed by atoms with Crippen LogP contribution in [-0.4, -0.2) is 30.7 Å². The maximum absolute atomic E-state index is 12.5. The Bertz CT molecular complexity index is 941. The molecule has 8 nitrogen and oxygen atoms in total. The third-order valence-electron chi connectivity index (χ3n) is 3.81. The van der Waals surface area contributed by atoms with Crippen molar-refractivity contribution in [2.45, 2.75) is 39.5 Å². The van der Waals surface area contributed by atoms with E-state index in [1.165, 1.54) is 28.1 Å². The highest BCUT2D eigenvalue weighted by Crippen LogP contribution is 2.26. The predicted octanol–water partition coefficient (Wildman–Crippen LogP) is 2.34. The number of nitrogens with one attached hydrogen (secondary N) is 2. The summed E-state index contributed by atoms with van der Waals surface area (Å²) in [6, 6.07) is 1.38. The van der Waals surface area contributed by atoms with Crippen LogP contribution >= 0.6 is 11.3 Å². The number of fused-ring (bicyclic) bond motifs is 1. The number of aryl methyl sites for hydroxylation is 1. The fraction of sp³-hybridized carbons (Fsp3) is 0.400. The largest absolute Gasteiger partial charge is 0.296 e. The Morgan fingerprint density at radius 2 is 2.25 bits per heavy atom. The first-order chi connectivity index (χ1) is 11.5. The van der Waals surface area contributed by atoms with Crippen LogP contribution in [0.5, 0.6) is 0 Å². The maximum atomic E-state index is 12.5. The highest BCUT2D eigenvalue weighted by Gasteiger charge is 2.17. The van der Waals surface area contributed by atoms with E-state index in [0.29, 0.717) is 28.0 Å². The summed E-state index contributed by atoms with van der Waals surface area (Å²) in [6.07, 6.45) is 3.56. The second-order valence-electron chi connectivity index (χ2n) is 5.66. The summed E-state index contributed by atoms with van der Waals surface area (Å²) in [5, 5.41) is 14.9. The maximum Gasteiger partial charge on any atom is 0.266 e. The summed E-state index contributed by atoms with van der Waals surface area (Å²) in [7, 11) is 0. The molecule has 1 atom stereocenters. The molecule has 0 aromatic carbocycles. The van der Waals surface area contributed by atoms with Gasteiger partial charge in [0.25, 0.3) is 11.5 Å². The zero-order valence-corrected chi connectivity index (χ0v) is 14.5. The molecule has 2 N–H and O–H groups in total. The van der Waals surface area contributed by atoms with Gasteiger partial charge < -0.3 is 0 Å². The van der Waals surface area contributed by atoms with Crippen LogP contribution in [-0.2, 0) is 0 Å². The van der Waals surface area contributed by atoms with Crippen LogP contribution in [0, 0.1) is 6.92 Å². The quantitative estimate of drug-likeness (QED) is 0.738. The Kier molecular flexibility index (Phi) is 4.43. The molecule has 0 fully saturated rings. The summed E-state index contributed by atoms with van der Waals surface area (Å²) in [4.78, 5) is 28.0. The van der Waals surface area contributed by atoms with Crippen molar-refractivity contribution in [3.63, 3.8) is 0 Å². The molecule has 1 amide bonds. The van der Waals surface area contributed by atoms with Gasteiger partial charge in [-0.3, -0.25) is 20.0 Å². The number of anilines is 1. The minimum Gasteiger partial charge on any atom is -0.296 e. The van der Waals surface area contributed by atoms with Gasteiger partial charge in [0, 0.05) is 18.2 Å². The smallest absolute Gasteiger partial charge is 0.266 e. The van der Waals surface area contributed by atoms with E-state index >= 15 is 0 Å². The topological polar surface area (TPSA) is 105 Å². The molecule has 9 heteroatoms. The lowest BCUT2D eigenvalue weighted by Crippen LogP contribution is -2.16. The molecule has 0 unspecified atom stereocenters. The molecular formula is C15H18N6O2S. The number of H-pyrrole nitrogens is 1. The number of rotatable bonds is 5. The monoisotopic (exact) mass is 346 g/mol. The van der Waals surface area contributed by atoms with Crippen molar-refractivity contribution in [3.8, 4) is 0 Å². The van der Waals surface area contributed by atoms with E-state index in [9.17, 15) is 9.59 Å². The minimum atomic E-state index is -0.331. The minimum absolute atomic E-state index is 0.262. The van der Waals surface area contributed by atoms with Gasteiger partial charge in [0.2, 0.25) is 5.13 Å². The molecule has 3 rings (SSSR count). The van der Waals surface area contributed by atoms with E-state index in [0.717, 1.165) is 17.8 Å². The van der Waals surface area contributed by atoms with Crippen LogP contribution in [0.4, 0.5) is 5.13 Å². The lowest BCUT2D eigenvalue weighted by atomic mass is 10.1. The van der Waals surface area contributed by atoms with E-state index in [1.807, 2.05) is 0 Å². The second kappa shape index (κ2) is 6.52. The van der Waals surface area contributed by atoms with Crippen molar-refractivity contribution in [1.82, 2.24) is 24.8 Å². The van der Waals surface area contributed by atoms with Crippen molar-refractivity contribution in [2.24, 2.45) is 0 Å². The Labute approximate surface area is 141 Å². The molecule has 3 aromatic rings. The van der Waals surface area contributed by atoms with Crippen molar-refractivity contribution < 1.29 is 4.79 Å². The fourth-order valence-corrected chi connectivity index (χ4v) is 3.33. The van der Waals surface area contributed by atoms with Gasteiger partial charge in [-0.25, -0.2) is 9.50 Å². The molecule has 0 aliphatic heterocycles. The summed E-state index contributed by atoms with van der Waals surface area (Å²) in [5.41, 5.74) is 1.18. The van der Waals surface area contributed by atoms with Gasteiger partial charge in [0.1, 0.15) is 5.01 Å². The number of hydrogen-bond donors (Lipinski definition) is 2. The number of nitrogens with zero attached hydrogens (tertiary/aromatic N) is 4. The molecule has 0 spiro atoms. The first kappa shape index (κ1) is 16.3. The Morgan fingerprint density at radius 3 is 3.00 bits per heavy atom. The lowest BCUT2D eigenvalue weighted by molar-refractivity contribution is 0.102. The van der Waals surface area contributed by atoms with E-state index in [-0.39, 0.29) is 11.5 Å². The van der Waals surface area contributed by atoms with Crippen LogP contribution in [0.3, 0.4) is 0 Å². The van der Waals surface area contributed by atoms with Gasteiger partial charge in [-0.15, -0.1) is 10.2 Å². The SMILES string of the molecule is CCC[C@H](C)c1nnc(NC(=O)c2cnc3cc(=O)[nH]n3c2C)s1. The normalized spacial score (nSPS) is 12.5. The number of aromatic amines is 1. The predicted molar refractivity (Wildman–Crippen MR) is 91.7 cm³/mol. The number of carbonyl (C=O) groups excluding carboxylic acids is 1. The molecule has 3 heterocycles. The highest BCUT2D eigenvalue weighted by molar-refractivity contribution is 7.15. The van der Waals surface area contributed by atoms with Crippen LogP contribution < -0.4 is 10.9 Å². The third-order valence-corrected chi connectivity index (χ3v) is 4.88. The number of aromatic nitrogens is 5. The average molecular weight is 346 g/mol. The average Bonchev–Trinajstić information content (AvgIpc) is 3.14. The highest BCUT2D eigenvalue weighted by atomic mass is 32.1. The van der Waals surface area contributed by atoms with E-state index in [4.69, 9.17) is 0 Å². The van der Waals surface area contributed by atoms with E-state index in [2.05, 4.69) is 39.4 Å². The van der Waals surface area contributed by atoms with Crippen LogP contribution in [0.25, 0.3) is 5.65 Å². The third kappa shape index (κ3) is 3.07. The molecular weight excluding hydrogens is 328 g/mol. The molecule has 24 heavy (non-hydrogen) atoms. The molecule has 0 aliphatic rings. The number of amides is 1. The standard InChI is InChI=1S/C15H18N6O2S/c1-4-5-8(2)14-18-19-15(24-14)17-13(23)10-7-16-11-6-12(22)20-21(11)9(10)3/h6-8H,4-5H2,1-3H3,(H,20,22)(H,17,19,23)/t8-/m0/s1. The van der Waals surface area contributed by atoms with Crippen molar-refractivity contribution in [2.75, 3.05) is 5.32 Å². The first-order valence-electron chi connectivity index (χ1n) is 7.71. The summed E-state index contributed by atoms with van der Waals surface area (Å²) < 4.78 is 1.49. The second-order valence-corrected chi connectivity index (χ2v) is 6.67. The molecule has 0 aliphatic carbocycles. The summed E-state index contributed by atoms with van der Waals surface area (Å²) in [6.45, 7) is 5.96. The summed E-state index contributed by atoms with van der Waals surface area (Å²) in [5.74, 6) is -0.00912. The van der Waals surface area contributed by atoms with Gasteiger partial charge in [-0.05, 0) is 13.3 Å². The molecule has 3 aromatic heterocycles. The fourth-order valence-electron chi connectivity index (χ4n) is 2.50. The molecule has 0 bridgehead atoms. The zero-order chi connectivity index (χ0) is 17.3. The Morgan fingerprint density at radius 1 is 1.46 bits per heavy atom. The van der Waals surface area contributed by atoms with E-state index < -0.39 is 0 Å². The molecule has 0 radical (unpaired) electrons. The van der Waals surface area contributed by atoms with E-state index in [1.54, 1.807) is 6.92 Å². The van der Waals surface area contributed by atoms with Crippen molar-refractivity contribution in [1.29, 1.82) is 0 Å². The lowest BCUT2D eigenvalue weighted by Gasteiger charge is -2.07. The zero-order valence-electron chi connectivity index (χ0n) is 13.7. The van der Waals surface area contributed by atoms with Crippen molar-refractivity contribution >= 4 is 28.0 Å². The number of hydrogen-bond acceptors (Lipinski definition) is 6. The van der Waals surface area contributed by atoms with Crippen LogP contribution in [0.2, 0.25) is 0 Å². The molecule has 126 valence electrons. The molecule has 0 saturated carbocycles. The van der Waals surface area contributed by atoms with Gasteiger partial charge in [-0.2, -0.15) is 0 Å². The van der Waals surface area contributed by atoms with Gasteiger partial charge in [0.15, 0.2) is 5.65 Å². The van der Waals surface area contributed by atoms with Gasteiger partial charge in [-0.1, -0.05) is 31.6 Å².